The molecule has 2 aromatic heterocycles. The average Bonchev–Trinajstić information content (AvgIpc) is 3.32. The van der Waals surface area contributed by atoms with Crippen molar-refractivity contribution in [1.82, 2.24) is 19.5 Å². The van der Waals surface area contributed by atoms with Gasteiger partial charge in [0.05, 0.1) is 25.6 Å². The van der Waals surface area contributed by atoms with Crippen LogP contribution in [0.2, 0.25) is 0 Å². The second kappa shape index (κ2) is 20.7. The number of nitrogen functional groups attached to an aromatic ring is 1. The van der Waals surface area contributed by atoms with E-state index in [1.54, 1.807) is 6.33 Å². The second-order valence-electron chi connectivity index (χ2n) is 10.5. The smallest absolute Gasteiger partial charge is 0.211 e. The van der Waals surface area contributed by atoms with Crippen LogP contribution in [0.25, 0.3) is 11.2 Å². The fourth-order valence-corrected chi connectivity index (χ4v) is 5.83. The summed E-state index contributed by atoms with van der Waals surface area (Å²) in [5.74, 6) is 0.343. The van der Waals surface area contributed by atoms with Crippen LogP contribution in [0.3, 0.4) is 0 Å². The first-order valence-electron chi connectivity index (χ1n) is 15.0. The molecule has 0 aliphatic rings. The van der Waals surface area contributed by atoms with Gasteiger partial charge in [0.1, 0.15) is 18.2 Å². The zero-order valence-corrected chi connectivity index (χ0v) is 26.0. The minimum absolute atomic E-state index is 0.00679. The number of ether oxygens (including phenoxy) is 2. The van der Waals surface area contributed by atoms with Gasteiger partial charge in [-0.3, -0.25) is 0 Å². The van der Waals surface area contributed by atoms with E-state index in [2.05, 4.69) is 21.9 Å². The van der Waals surface area contributed by atoms with Gasteiger partial charge in [-0.15, -0.1) is 0 Å². The number of aromatic nitrogens is 4. The molecule has 0 fully saturated rings. The standard InChI is InChI=1S/C28H52N5O4PS/c1-3-4-5-6-7-8-9-10-11-12-13-14-15-16-18-35-19-17-20-37-38(34,39)24-36-25(2)21-33-23-32-26-27(29)30-22-31-28(26)33/h22-23,25H,3-21,24H2,1-2H3,(H,34,39)(H2,29,30,31)/t25-,38?/m1/s1. The van der Waals surface area contributed by atoms with Gasteiger partial charge >= 0.3 is 0 Å². The zero-order valence-electron chi connectivity index (χ0n) is 24.3. The van der Waals surface area contributed by atoms with Crippen LogP contribution in [-0.2, 0) is 32.3 Å². The SMILES string of the molecule is CCCCCCCCCCCCCCCCOCCCOP(O)(=S)CO[C@H](C)Cn1cnc2c(N)ncnc21. The van der Waals surface area contributed by atoms with E-state index in [4.69, 9.17) is 31.5 Å². The number of nitrogens with two attached hydrogens (primary N) is 1. The molecule has 2 rings (SSSR count). The molecule has 0 saturated carbocycles. The predicted octanol–water partition coefficient (Wildman–Crippen LogP) is 6.98. The molecule has 0 aromatic carbocycles. The average molecular weight is 586 g/mol. The largest absolute Gasteiger partial charge is 0.382 e. The van der Waals surface area contributed by atoms with Crippen molar-refractivity contribution in [3.63, 3.8) is 0 Å². The fourth-order valence-electron chi connectivity index (χ4n) is 4.49. The van der Waals surface area contributed by atoms with Gasteiger partial charge in [0.25, 0.3) is 0 Å². The van der Waals surface area contributed by atoms with E-state index >= 15 is 0 Å². The van der Waals surface area contributed by atoms with Crippen molar-refractivity contribution in [1.29, 1.82) is 0 Å². The lowest BCUT2D eigenvalue weighted by Crippen LogP contribution is -2.17. The van der Waals surface area contributed by atoms with Crippen LogP contribution in [0.5, 0.6) is 0 Å². The van der Waals surface area contributed by atoms with Crippen molar-refractivity contribution < 1.29 is 18.9 Å². The van der Waals surface area contributed by atoms with E-state index in [-0.39, 0.29) is 12.5 Å². The van der Waals surface area contributed by atoms with Gasteiger partial charge in [-0.05, 0) is 31.6 Å². The Bertz CT molecular complexity index is 948. The summed E-state index contributed by atoms with van der Waals surface area (Å²) in [5, 5.41) is 0. The summed E-state index contributed by atoms with van der Waals surface area (Å²) < 4.78 is 18.9. The minimum Gasteiger partial charge on any atom is -0.382 e. The second-order valence-corrected chi connectivity index (χ2v) is 14.0. The summed E-state index contributed by atoms with van der Waals surface area (Å²) in [6, 6.07) is 0. The first-order chi connectivity index (χ1) is 18.9. The van der Waals surface area contributed by atoms with E-state index < -0.39 is 6.49 Å². The zero-order chi connectivity index (χ0) is 28.2. The molecule has 2 heterocycles. The highest BCUT2D eigenvalue weighted by molar-refractivity contribution is 8.09. The molecule has 0 bridgehead atoms. The maximum atomic E-state index is 10.4. The molecule has 1 unspecified atom stereocenters. The summed E-state index contributed by atoms with van der Waals surface area (Å²) in [6.45, 7) is 3.44. The van der Waals surface area contributed by atoms with Gasteiger partial charge in [-0.1, -0.05) is 90.4 Å². The van der Waals surface area contributed by atoms with E-state index in [0.29, 0.717) is 43.2 Å². The Labute approximate surface area is 240 Å². The Hall–Kier alpha value is -1.16. The molecule has 0 spiro atoms. The Morgan fingerprint density at radius 2 is 1.46 bits per heavy atom. The van der Waals surface area contributed by atoms with Crippen LogP contribution in [0, 0.1) is 0 Å². The van der Waals surface area contributed by atoms with Gasteiger partial charge in [0.2, 0.25) is 6.49 Å². The van der Waals surface area contributed by atoms with Crippen molar-refractivity contribution in [3.05, 3.63) is 12.7 Å². The molecular formula is C28H52N5O4PS. The molecule has 39 heavy (non-hydrogen) atoms. The Kier molecular flexibility index (Phi) is 18.0. The van der Waals surface area contributed by atoms with Crippen LogP contribution in [0.4, 0.5) is 5.82 Å². The summed E-state index contributed by atoms with van der Waals surface area (Å²) >= 11 is 5.25. The maximum Gasteiger partial charge on any atom is 0.211 e. The lowest BCUT2D eigenvalue weighted by molar-refractivity contribution is 0.0762. The van der Waals surface area contributed by atoms with Gasteiger partial charge < -0.3 is 29.2 Å². The lowest BCUT2D eigenvalue weighted by atomic mass is 10.0. The molecule has 0 amide bonds. The van der Waals surface area contributed by atoms with Crippen molar-refractivity contribution in [2.75, 3.05) is 31.9 Å². The van der Waals surface area contributed by atoms with Crippen LogP contribution in [-0.4, -0.2) is 56.7 Å². The quantitative estimate of drug-likeness (QED) is 0.0940. The molecule has 11 heteroatoms. The molecule has 0 radical (unpaired) electrons. The number of unbranched alkanes of at least 4 members (excludes halogenated alkanes) is 13. The Morgan fingerprint density at radius 3 is 2.10 bits per heavy atom. The van der Waals surface area contributed by atoms with E-state index in [0.717, 1.165) is 13.0 Å². The molecule has 2 aromatic rings. The van der Waals surface area contributed by atoms with Gasteiger partial charge in [0.15, 0.2) is 11.5 Å². The van der Waals surface area contributed by atoms with Gasteiger partial charge in [-0.25, -0.2) is 15.0 Å². The Morgan fingerprint density at radius 1 is 0.872 bits per heavy atom. The van der Waals surface area contributed by atoms with Crippen molar-refractivity contribution >= 4 is 35.3 Å². The summed E-state index contributed by atoms with van der Waals surface area (Å²) in [4.78, 5) is 22.9. The van der Waals surface area contributed by atoms with Gasteiger partial charge in [0, 0.05) is 13.2 Å². The maximum absolute atomic E-state index is 10.4. The molecule has 9 nitrogen and oxygen atoms in total. The number of hydrogen-bond acceptors (Lipinski definition) is 8. The number of anilines is 1. The molecule has 2 atom stereocenters. The van der Waals surface area contributed by atoms with Crippen LogP contribution < -0.4 is 5.73 Å². The molecule has 0 aliphatic carbocycles. The van der Waals surface area contributed by atoms with Crippen LogP contribution >= 0.6 is 6.49 Å². The van der Waals surface area contributed by atoms with E-state index in [1.165, 1.54) is 89.8 Å². The summed E-state index contributed by atoms with van der Waals surface area (Å²) in [7, 11) is 0. The predicted molar refractivity (Wildman–Crippen MR) is 163 cm³/mol. The van der Waals surface area contributed by atoms with Crippen molar-refractivity contribution in [3.8, 4) is 0 Å². The third-order valence-electron chi connectivity index (χ3n) is 6.77. The van der Waals surface area contributed by atoms with Crippen molar-refractivity contribution in [2.45, 2.75) is 123 Å². The minimum atomic E-state index is -3.00. The number of fused-ring (bicyclic) bond motifs is 1. The number of rotatable bonds is 25. The summed E-state index contributed by atoms with van der Waals surface area (Å²) in [6.07, 6.45) is 22.5. The van der Waals surface area contributed by atoms with Gasteiger partial charge in [-0.2, -0.15) is 0 Å². The Balaban J connectivity index is 1.38. The monoisotopic (exact) mass is 585 g/mol. The molecule has 0 saturated heterocycles. The molecule has 224 valence electrons. The van der Waals surface area contributed by atoms with E-state index in [9.17, 15) is 4.89 Å². The van der Waals surface area contributed by atoms with Crippen LogP contribution in [0.1, 0.15) is 110 Å². The third kappa shape index (κ3) is 15.4. The summed E-state index contributed by atoms with van der Waals surface area (Å²) in [5.41, 5.74) is 7.04. The first kappa shape index (κ1) is 34.0. The number of imidazole rings is 1. The molecule has 3 N–H and O–H groups in total. The van der Waals surface area contributed by atoms with Crippen LogP contribution in [0.15, 0.2) is 12.7 Å². The highest BCUT2D eigenvalue weighted by atomic mass is 32.5. The fraction of sp³-hybridized carbons (Fsp3) is 0.821. The highest BCUT2D eigenvalue weighted by Crippen LogP contribution is 2.42. The molecular weight excluding hydrogens is 533 g/mol. The van der Waals surface area contributed by atoms with E-state index in [1.807, 2.05) is 11.5 Å². The topological polar surface area (TPSA) is 118 Å². The molecule has 0 aliphatic heterocycles. The third-order valence-corrected chi connectivity index (χ3v) is 8.47. The number of nitrogens with zero attached hydrogens (tertiary/aromatic N) is 4. The first-order valence-corrected chi connectivity index (χ1v) is 17.9. The van der Waals surface area contributed by atoms with Crippen molar-refractivity contribution in [2.24, 2.45) is 0 Å². The highest BCUT2D eigenvalue weighted by Gasteiger charge is 2.17. The lowest BCUT2D eigenvalue weighted by Gasteiger charge is -2.19. The normalized spacial score (nSPS) is 14.1. The number of hydrogen-bond donors (Lipinski definition) is 2.